The summed E-state index contributed by atoms with van der Waals surface area (Å²) in [6.45, 7) is 0.122. The molecule has 0 heterocycles. The van der Waals surface area contributed by atoms with Crippen LogP contribution < -0.4 is 32.6 Å². The van der Waals surface area contributed by atoms with Gasteiger partial charge >= 0.3 is 0 Å². The SMILES string of the molecule is NC(N)=Nc1ccc(C[C@H](N)C(=O)Nc2ccc(C(=O)NC3CCCCC3)c(OCc3ccc(F)cc3)c2)cc1. The lowest BCUT2D eigenvalue weighted by Crippen LogP contribution is -2.37. The van der Waals surface area contributed by atoms with Crippen LogP contribution in [-0.2, 0) is 17.8 Å². The zero-order chi connectivity index (χ0) is 28.5. The number of nitrogens with two attached hydrogens (primary N) is 3. The number of nitrogens with one attached hydrogen (secondary N) is 2. The molecule has 0 bridgehead atoms. The molecule has 1 aliphatic carbocycles. The van der Waals surface area contributed by atoms with Crippen molar-refractivity contribution in [2.24, 2.45) is 22.2 Å². The Morgan fingerprint density at radius 2 is 1.62 bits per heavy atom. The number of halogens is 1. The van der Waals surface area contributed by atoms with Gasteiger partial charge in [0.2, 0.25) is 5.91 Å². The summed E-state index contributed by atoms with van der Waals surface area (Å²) in [7, 11) is 0. The van der Waals surface area contributed by atoms with Crippen molar-refractivity contribution < 1.29 is 18.7 Å². The lowest BCUT2D eigenvalue weighted by atomic mass is 9.95. The fraction of sp³-hybridized carbons (Fsp3) is 0.300. The van der Waals surface area contributed by atoms with Crippen LogP contribution >= 0.6 is 0 Å². The summed E-state index contributed by atoms with van der Waals surface area (Å²) in [5.74, 6) is -0.708. The van der Waals surface area contributed by atoms with E-state index in [1.54, 1.807) is 54.6 Å². The molecule has 10 heteroatoms. The van der Waals surface area contributed by atoms with Gasteiger partial charge in [0.05, 0.1) is 17.3 Å². The molecular formula is C30H35FN6O3. The Bertz CT molecular complexity index is 1330. The Labute approximate surface area is 233 Å². The summed E-state index contributed by atoms with van der Waals surface area (Å²) >= 11 is 0. The van der Waals surface area contributed by atoms with E-state index < -0.39 is 11.9 Å². The molecule has 4 rings (SSSR count). The van der Waals surface area contributed by atoms with Crippen molar-refractivity contribution in [2.45, 2.75) is 57.2 Å². The van der Waals surface area contributed by atoms with Crippen LogP contribution in [0.15, 0.2) is 71.7 Å². The molecule has 2 amide bonds. The van der Waals surface area contributed by atoms with E-state index in [1.165, 1.54) is 18.6 Å². The van der Waals surface area contributed by atoms with Crippen LogP contribution in [-0.4, -0.2) is 29.9 Å². The average Bonchev–Trinajstić information content (AvgIpc) is 2.94. The number of carbonyl (C=O) groups excluding carboxylic acids is 2. The van der Waals surface area contributed by atoms with E-state index in [4.69, 9.17) is 21.9 Å². The smallest absolute Gasteiger partial charge is 0.255 e. The number of amides is 2. The molecule has 1 atom stereocenters. The first-order chi connectivity index (χ1) is 19.3. The van der Waals surface area contributed by atoms with Gasteiger partial charge in [-0.3, -0.25) is 9.59 Å². The highest BCUT2D eigenvalue weighted by molar-refractivity contribution is 5.99. The Morgan fingerprint density at radius 3 is 2.30 bits per heavy atom. The third kappa shape index (κ3) is 8.28. The fourth-order valence-electron chi connectivity index (χ4n) is 4.60. The Kier molecular flexibility index (Phi) is 9.69. The van der Waals surface area contributed by atoms with Crippen LogP contribution in [0.2, 0.25) is 0 Å². The van der Waals surface area contributed by atoms with Gasteiger partial charge in [0, 0.05) is 17.8 Å². The molecule has 0 aromatic heterocycles. The molecular weight excluding hydrogens is 511 g/mol. The van der Waals surface area contributed by atoms with Crippen LogP contribution in [0.25, 0.3) is 0 Å². The number of hydrogen-bond acceptors (Lipinski definition) is 5. The monoisotopic (exact) mass is 546 g/mol. The van der Waals surface area contributed by atoms with E-state index in [1.807, 2.05) is 0 Å². The van der Waals surface area contributed by atoms with E-state index >= 15 is 0 Å². The fourth-order valence-corrected chi connectivity index (χ4v) is 4.60. The van der Waals surface area contributed by atoms with Crippen LogP contribution in [0.3, 0.4) is 0 Å². The highest BCUT2D eigenvalue weighted by Crippen LogP contribution is 2.26. The Hall–Kier alpha value is -4.44. The molecule has 40 heavy (non-hydrogen) atoms. The molecule has 0 aliphatic heterocycles. The van der Waals surface area contributed by atoms with Crippen molar-refractivity contribution in [1.29, 1.82) is 0 Å². The Balaban J connectivity index is 1.46. The van der Waals surface area contributed by atoms with Gasteiger partial charge in [0.1, 0.15) is 18.2 Å². The van der Waals surface area contributed by atoms with Gasteiger partial charge in [-0.2, -0.15) is 0 Å². The molecule has 210 valence electrons. The second-order valence-corrected chi connectivity index (χ2v) is 9.94. The molecule has 1 aliphatic rings. The highest BCUT2D eigenvalue weighted by atomic mass is 19.1. The van der Waals surface area contributed by atoms with Gasteiger partial charge in [0.15, 0.2) is 5.96 Å². The topological polar surface area (TPSA) is 158 Å². The second-order valence-electron chi connectivity index (χ2n) is 9.94. The van der Waals surface area contributed by atoms with E-state index in [-0.39, 0.29) is 30.3 Å². The number of rotatable bonds is 10. The molecule has 0 radical (unpaired) electrons. The van der Waals surface area contributed by atoms with Gasteiger partial charge in [-0.1, -0.05) is 43.5 Å². The number of nitrogens with zero attached hydrogens (tertiary/aromatic N) is 1. The summed E-state index contributed by atoms with van der Waals surface area (Å²) in [5.41, 5.74) is 19.9. The van der Waals surface area contributed by atoms with E-state index in [9.17, 15) is 14.0 Å². The summed E-state index contributed by atoms with van der Waals surface area (Å²) in [6, 6.07) is 17.2. The summed E-state index contributed by atoms with van der Waals surface area (Å²) < 4.78 is 19.3. The maximum atomic E-state index is 13.3. The lowest BCUT2D eigenvalue weighted by Gasteiger charge is -2.23. The van der Waals surface area contributed by atoms with Crippen LogP contribution in [0.1, 0.15) is 53.6 Å². The van der Waals surface area contributed by atoms with E-state index in [0.29, 0.717) is 29.1 Å². The lowest BCUT2D eigenvalue weighted by molar-refractivity contribution is -0.117. The van der Waals surface area contributed by atoms with Gasteiger partial charge in [-0.05, 0) is 66.8 Å². The number of anilines is 1. The number of aliphatic imine (C=N–C) groups is 1. The summed E-state index contributed by atoms with van der Waals surface area (Å²) in [4.78, 5) is 30.0. The molecule has 0 saturated heterocycles. The first-order valence-electron chi connectivity index (χ1n) is 13.3. The van der Waals surface area contributed by atoms with Gasteiger partial charge in [-0.15, -0.1) is 0 Å². The van der Waals surface area contributed by atoms with Crippen molar-refractivity contribution in [3.8, 4) is 5.75 Å². The quantitative estimate of drug-likeness (QED) is 0.192. The summed E-state index contributed by atoms with van der Waals surface area (Å²) in [5, 5.41) is 5.92. The van der Waals surface area contributed by atoms with Crippen molar-refractivity contribution in [2.75, 3.05) is 5.32 Å². The van der Waals surface area contributed by atoms with E-state index in [2.05, 4.69) is 15.6 Å². The Morgan fingerprint density at radius 1 is 0.950 bits per heavy atom. The number of guanidine groups is 1. The predicted molar refractivity (Wildman–Crippen MR) is 154 cm³/mol. The number of ether oxygens (including phenoxy) is 1. The molecule has 1 saturated carbocycles. The summed E-state index contributed by atoms with van der Waals surface area (Å²) in [6.07, 6.45) is 5.54. The zero-order valence-electron chi connectivity index (χ0n) is 22.2. The van der Waals surface area contributed by atoms with Crippen molar-refractivity contribution in [3.05, 3.63) is 89.2 Å². The standard InChI is InChI=1S/C30H35FN6O3/c31-21-10-6-20(7-11-21)18-40-27-17-24(14-15-25(27)28(38)35-22-4-2-1-3-5-22)36-29(39)26(32)16-19-8-12-23(13-9-19)37-30(33)34/h6-15,17,22,26H,1-5,16,18,32H2,(H,35,38)(H,36,39)(H4,33,34,37)/t26-/m0/s1. The number of hydrogen-bond donors (Lipinski definition) is 5. The van der Waals surface area contributed by atoms with Crippen LogP contribution in [0.4, 0.5) is 15.8 Å². The van der Waals surface area contributed by atoms with Gasteiger partial charge < -0.3 is 32.6 Å². The average molecular weight is 547 g/mol. The first-order valence-corrected chi connectivity index (χ1v) is 13.3. The third-order valence-electron chi connectivity index (χ3n) is 6.73. The number of carbonyl (C=O) groups is 2. The molecule has 8 N–H and O–H groups in total. The zero-order valence-corrected chi connectivity index (χ0v) is 22.2. The molecule has 9 nitrogen and oxygen atoms in total. The molecule has 0 spiro atoms. The minimum atomic E-state index is -0.827. The largest absolute Gasteiger partial charge is 0.488 e. The highest BCUT2D eigenvalue weighted by Gasteiger charge is 2.21. The number of benzene rings is 3. The van der Waals surface area contributed by atoms with Crippen molar-refractivity contribution >= 4 is 29.1 Å². The van der Waals surface area contributed by atoms with Crippen molar-refractivity contribution in [3.63, 3.8) is 0 Å². The van der Waals surface area contributed by atoms with Gasteiger partial charge in [0.25, 0.3) is 5.91 Å². The van der Waals surface area contributed by atoms with Gasteiger partial charge in [-0.25, -0.2) is 9.38 Å². The maximum absolute atomic E-state index is 13.3. The molecule has 3 aromatic rings. The van der Waals surface area contributed by atoms with Crippen LogP contribution in [0.5, 0.6) is 5.75 Å². The normalized spacial score (nSPS) is 14.2. The minimum Gasteiger partial charge on any atom is -0.488 e. The maximum Gasteiger partial charge on any atom is 0.255 e. The van der Waals surface area contributed by atoms with Crippen LogP contribution in [0, 0.1) is 5.82 Å². The molecule has 1 fully saturated rings. The predicted octanol–water partition coefficient (Wildman–Crippen LogP) is 3.88. The minimum absolute atomic E-state index is 0.0395. The van der Waals surface area contributed by atoms with E-state index in [0.717, 1.165) is 36.8 Å². The first kappa shape index (κ1) is 28.6. The molecule has 3 aromatic carbocycles. The molecule has 0 unspecified atom stereocenters. The third-order valence-corrected chi connectivity index (χ3v) is 6.73. The van der Waals surface area contributed by atoms with Crippen molar-refractivity contribution in [1.82, 2.24) is 5.32 Å². The second kappa shape index (κ2) is 13.6.